The molecule has 0 heterocycles. The Balaban J connectivity index is 1.96. The molecule has 1 aromatic carbocycles. The van der Waals surface area contributed by atoms with E-state index in [-0.39, 0.29) is 35.0 Å². The first-order chi connectivity index (χ1) is 9.47. The molecule has 0 aromatic heterocycles. The van der Waals surface area contributed by atoms with Gasteiger partial charge >= 0.3 is 0 Å². The zero-order chi connectivity index (χ0) is 14.7. The van der Waals surface area contributed by atoms with Crippen LogP contribution in [0.1, 0.15) is 32.6 Å². The summed E-state index contributed by atoms with van der Waals surface area (Å²) in [6.45, 7) is 1.58. The van der Waals surface area contributed by atoms with Crippen molar-refractivity contribution in [3.05, 3.63) is 24.0 Å². The molecule has 1 fully saturated rings. The van der Waals surface area contributed by atoms with Gasteiger partial charge < -0.3 is 10.4 Å². The second-order valence-corrected chi connectivity index (χ2v) is 5.31. The van der Waals surface area contributed by atoms with E-state index < -0.39 is 5.82 Å². The molecule has 0 radical (unpaired) electrons. The molecule has 1 aliphatic rings. The number of phenols is 1. The number of ketones is 1. The lowest BCUT2D eigenvalue weighted by Crippen LogP contribution is -2.29. The summed E-state index contributed by atoms with van der Waals surface area (Å²) in [4.78, 5) is 23.4. The number of halogens is 1. The highest BCUT2D eigenvalue weighted by molar-refractivity contribution is 5.94. The summed E-state index contributed by atoms with van der Waals surface area (Å²) < 4.78 is 13.1. The van der Waals surface area contributed by atoms with Crippen molar-refractivity contribution in [2.75, 3.05) is 5.32 Å². The van der Waals surface area contributed by atoms with Crippen molar-refractivity contribution in [2.24, 2.45) is 11.8 Å². The second kappa shape index (κ2) is 6.03. The van der Waals surface area contributed by atoms with Crippen molar-refractivity contribution in [2.45, 2.75) is 32.6 Å². The molecule has 4 nitrogen and oxygen atoms in total. The zero-order valence-electron chi connectivity index (χ0n) is 11.4. The maximum atomic E-state index is 13.1. The number of phenolic OH excluding ortho intramolecular Hbond substituents is 1. The molecular formula is C15H18FNO3. The van der Waals surface area contributed by atoms with E-state index in [0.717, 1.165) is 12.1 Å². The standard InChI is InChI=1S/C15H18FNO3/c1-9(18)10-2-4-11(5-3-10)15(20)17-13-8-12(16)6-7-14(13)19/h6-8,10-11,19H,2-5H2,1H3,(H,17,20)/t10-,11-. The number of nitrogens with one attached hydrogen (secondary N) is 1. The van der Waals surface area contributed by atoms with Crippen LogP contribution in [0, 0.1) is 17.7 Å². The van der Waals surface area contributed by atoms with Gasteiger partial charge in [0, 0.05) is 17.9 Å². The minimum atomic E-state index is -0.515. The molecule has 0 unspecified atom stereocenters. The maximum absolute atomic E-state index is 13.1. The molecule has 2 rings (SSSR count). The number of amides is 1. The first kappa shape index (κ1) is 14.5. The molecule has 0 spiro atoms. The van der Waals surface area contributed by atoms with Gasteiger partial charge in [0.1, 0.15) is 17.3 Å². The molecule has 1 saturated carbocycles. The molecule has 108 valence electrons. The summed E-state index contributed by atoms with van der Waals surface area (Å²) in [5, 5.41) is 12.1. The molecule has 2 N–H and O–H groups in total. The van der Waals surface area contributed by atoms with Crippen LogP contribution in [0.4, 0.5) is 10.1 Å². The number of hydrogen-bond donors (Lipinski definition) is 2. The summed E-state index contributed by atoms with van der Waals surface area (Å²) in [5.74, 6) is -0.856. The number of hydrogen-bond acceptors (Lipinski definition) is 3. The minimum absolute atomic E-state index is 0.0571. The van der Waals surface area contributed by atoms with Crippen molar-refractivity contribution in [1.29, 1.82) is 0 Å². The number of Topliss-reactive ketones (excluding diaryl/α,β-unsaturated/α-hetero) is 1. The average molecular weight is 279 g/mol. The van der Waals surface area contributed by atoms with Gasteiger partial charge in [-0.1, -0.05) is 0 Å². The van der Waals surface area contributed by atoms with Gasteiger partial charge in [0.25, 0.3) is 0 Å². The van der Waals surface area contributed by atoms with E-state index in [2.05, 4.69) is 5.32 Å². The molecule has 0 saturated heterocycles. The maximum Gasteiger partial charge on any atom is 0.227 e. The summed E-state index contributed by atoms with van der Waals surface area (Å²) >= 11 is 0. The van der Waals surface area contributed by atoms with Gasteiger partial charge in [-0.25, -0.2) is 4.39 Å². The fraction of sp³-hybridized carbons (Fsp3) is 0.467. The lowest BCUT2D eigenvalue weighted by atomic mass is 9.80. The van der Waals surface area contributed by atoms with E-state index >= 15 is 0 Å². The van der Waals surface area contributed by atoms with Crippen molar-refractivity contribution in [3.8, 4) is 5.75 Å². The van der Waals surface area contributed by atoms with Crippen LogP contribution < -0.4 is 5.32 Å². The van der Waals surface area contributed by atoms with Crippen molar-refractivity contribution in [1.82, 2.24) is 0 Å². The van der Waals surface area contributed by atoms with Crippen LogP contribution in [0.5, 0.6) is 5.75 Å². The van der Waals surface area contributed by atoms with Crippen LogP contribution in [-0.4, -0.2) is 16.8 Å². The molecule has 1 aromatic rings. The van der Waals surface area contributed by atoms with E-state index in [1.54, 1.807) is 6.92 Å². The fourth-order valence-electron chi connectivity index (χ4n) is 2.61. The molecule has 0 bridgehead atoms. The molecular weight excluding hydrogens is 261 g/mol. The van der Waals surface area contributed by atoms with E-state index in [1.165, 1.54) is 6.07 Å². The third-order valence-electron chi connectivity index (χ3n) is 3.89. The highest BCUT2D eigenvalue weighted by Crippen LogP contribution is 2.31. The van der Waals surface area contributed by atoms with Crippen LogP contribution >= 0.6 is 0 Å². The molecule has 0 aliphatic heterocycles. The third kappa shape index (κ3) is 3.35. The first-order valence-corrected chi connectivity index (χ1v) is 6.77. The Morgan fingerprint density at radius 3 is 2.40 bits per heavy atom. The molecule has 1 aliphatic carbocycles. The third-order valence-corrected chi connectivity index (χ3v) is 3.89. The summed E-state index contributed by atoms with van der Waals surface area (Å²) in [6.07, 6.45) is 2.71. The van der Waals surface area contributed by atoms with Crippen LogP contribution in [-0.2, 0) is 9.59 Å². The van der Waals surface area contributed by atoms with Crippen LogP contribution in [0.2, 0.25) is 0 Å². The summed E-state index contributed by atoms with van der Waals surface area (Å²) in [5.41, 5.74) is 0.0868. The average Bonchev–Trinajstić information content (AvgIpc) is 2.43. The Labute approximate surface area is 117 Å². The Bertz CT molecular complexity index is 522. The number of benzene rings is 1. The Morgan fingerprint density at radius 1 is 1.20 bits per heavy atom. The summed E-state index contributed by atoms with van der Waals surface area (Å²) in [7, 11) is 0. The van der Waals surface area contributed by atoms with Gasteiger partial charge in [-0.3, -0.25) is 9.59 Å². The highest BCUT2D eigenvalue weighted by Gasteiger charge is 2.28. The van der Waals surface area contributed by atoms with Crippen LogP contribution in [0.15, 0.2) is 18.2 Å². The van der Waals surface area contributed by atoms with Crippen molar-refractivity contribution in [3.63, 3.8) is 0 Å². The summed E-state index contributed by atoms with van der Waals surface area (Å²) in [6, 6.07) is 3.43. The van der Waals surface area contributed by atoms with Gasteiger partial charge in [0.2, 0.25) is 5.91 Å². The van der Waals surface area contributed by atoms with Gasteiger partial charge in [-0.05, 0) is 44.7 Å². The Kier molecular flexibility index (Phi) is 4.37. The Morgan fingerprint density at radius 2 is 1.80 bits per heavy atom. The van der Waals surface area contributed by atoms with E-state index in [1.807, 2.05) is 0 Å². The number of carbonyl (C=O) groups excluding carboxylic acids is 2. The largest absolute Gasteiger partial charge is 0.506 e. The zero-order valence-corrected chi connectivity index (χ0v) is 11.4. The number of carbonyl (C=O) groups is 2. The van der Waals surface area contributed by atoms with E-state index in [9.17, 15) is 19.1 Å². The van der Waals surface area contributed by atoms with Gasteiger partial charge in [0.15, 0.2) is 0 Å². The highest BCUT2D eigenvalue weighted by atomic mass is 19.1. The number of rotatable bonds is 3. The van der Waals surface area contributed by atoms with Crippen molar-refractivity contribution >= 4 is 17.4 Å². The molecule has 0 atom stereocenters. The van der Waals surface area contributed by atoms with Gasteiger partial charge in [-0.2, -0.15) is 0 Å². The lowest BCUT2D eigenvalue weighted by molar-refractivity contribution is -0.125. The molecule has 5 heteroatoms. The van der Waals surface area contributed by atoms with Crippen LogP contribution in [0.25, 0.3) is 0 Å². The van der Waals surface area contributed by atoms with E-state index in [0.29, 0.717) is 25.7 Å². The molecule has 1 amide bonds. The molecule has 20 heavy (non-hydrogen) atoms. The second-order valence-electron chi connectivity index (χ2n) is 5.31. The smallest absolute Gasteiger partial charge is 0.227 e. The van der Waals surface area contributed by atoms with Gasteiger partial charge in [-0.15, -0.1) is 0 Å². The number of aromatic hydroxyl groups is 1. The fourth-order valence-corrected chi connectivity index (χ4v) is 2.61. The van der Waals surface area contributed by atoms with E-state index in [4.69, 9.17) is 0 Å². The topological polar surface area (TPSA) is 66.4 Å². The number of anilines is 1. The van der Waals surface area contributed by atoms with Gasteiger partial charge in [0.05, 0.1) is 5.69 Å². The quantitative estimate of drug-likeness (QED) is 0.836. The predicted octanol–water partition coefficient (Wildman–Crippen LogP) is 2.87. The SMILES string of the molecule is CC(=O)[C@H]1CC[C@H](C(=O)Nc2cc(F)ccc2O)CC1. The lowest BCUT2D eigenvalue weighted by Gasteiger charge is -2.26. The van der Waals surface area contributed by atoms with Crippen molar-refractivity contribution < 1.29 is 19.1 Å². The monoisotopic (exact) mass is 279 g/mol. The normalized spacial score (nSPS) is 22.3. The predicted molar refractivity (Wildman–Crippen MR) is 72.8 cm³/mol. The minimum Gasteiger partial charge on any atom is -0.506 e. The van der Waals surface area contributed by atoms with Crippen LogP contribution in [0.3, 0.4) is 0 Å². The first-order valence-electron chi connectivity index (χ1n) is 6.77. The Hall–Kier alpha value is -1.91.